The molecule has 3 aromatic rings. The molecule has 0 spiro atoms. The summed E-state index contributed by atoms with van der Waals surface area (Å²) < 4.78 is 2.98. The monoisotopic (exact) mass is 343 g/mol. The molecule has 0 fully saturated rings. The maximum Gasteiger partial charge on any atom is 0.329 e. The van der Waals surface area contributed by atoms with Crippen molar-refractivity contribution in [2.75, 3.05) is 23.7 Å². The number of hydrogen-bond acceptors (Lipinski definition) is 6. The standard InChI is InChI=1S/C16H21N7O2/c1-10-5-6-11(19-9-10)17-7-4-8-18-15-20-13-12(22(15)2)14(24)21-16(25)23(13)3/h5-6,9H,4,7-8H2,1-3H3,(H,17,19)(H,18,20)(H,21,24,25). The molecule has 0 saturated carbocycles. The first kappa shape index (κ1) is 16.7. The zero-order valence-electron chi connectivity index (χ0n) is 14.5. The van der Waals surface area contributed by atoms with E-state index in [9.17, 15) is 9.59 Å². The van der Waals surface area contributed by atoms with E-state index in [1.54, 1.807) is 18.7 Å². The largest absolute Gasteiger partial charge is 0.370 e. The van der Waals surface area contributed by atoms with E-state index < -0.39 is 11.2 Å². The molecular weight excluding hydrogens is 322 g/mol. The van der Waals surface area contributed by atoms with E-state index in [0.29, 0.717) is 23.7 Å². The maximum absolute atomic E-state index is 12.0. The van der Waals surface area contributed by atoms with Gasteiger partial charge in [-0.1, -0.05) is 6.07 Å². The molecule has 9 nitrogen and oxygen atoms in total. The van der Waals surface area contributed by atoms with Crippen LogP contribution < -0.4 is 21.9 Å². The van der Waals surface area contributed by atoms with Crippen LogP contribution in [0.4, 0.5) is 11.8 Å². The summed E-state index contributed by atoms with van der Waals surface area (Å²) in [7, 11) is 3.32. The molecule has 0 aliphatic rings. The first-order chi connectivity index (χ1) is 12.0. The van der Waals surface area contributed by atoms with Crippen molar-refractivity contribution in [3.63, 3.8) is 0 Å². The van der Waals surface area contributed by atoms with Gasteiger partial charge in [0.25, 0.3) is 5.56 Å². The van der Waals surface area contributed by atoms with Crippen molar-refractivity contribution in [3.05, 3.63) is 44.7 Å². The Kier molecular flexibility index (Phi) is 4.55. The van der Waals surface area contributed by atoms with Crippen molar-refractivity contribution in [2.45, 2.75) is 13.3 Å². The van der Waals surface area contributed by atoms with Crippen molar-refractivity contribution in [1.29, 1.82) is 0 Å². The smallest absolute Gasteiger partial charge is 0.329 e. The quantitative estimate of drug-likeness (QED) is 0.565. The maximum atomic E-state index is 12.0. The second-order valence-corrected chi connectivity index (χ2v) is 5.91. The number of anilines is 2. The van der Waals surface area contributed by atoms with Crippen LogP contribution in [-0.2, 0) is 14.1 Å². The van der Waals surface area contributed by atoms with E-state index >= 15 is 0 Å². The summed E-state index contributed by atoms with van der Waals surface area (Å²) in [5.41, 5.74) is 0.941. The van der Waals surface area contributed by atoms with Crippen LogP contribution in [0.1, 0.15) is 12.0 Å². The van der Waals surface area contributed by atoms with E-state index in [1.807, 2.05) is 25.3 Å². The second-order valence-electron chi connectivity index (χ2n) is 5.91. The van der Waals surface area contributed by atoms with E-state index in [1.165, 1.54) is 4.57 Å². The molecule has 0 aromatic carbocycles. The minimum Gasteiger partial charge on any atom is -0.370 e. The number of hydrogen-bond donors (Lipinski definition) is 3. The van der Waals surface area contributed by atoms with Crippen molar-refractivity contribution >= 4 is 22.9 Å². The third-order valence-corrected chi connectivity index (χ3v) is 3.99. The van der Waals surface area contributed by atoms with Crippen LogP contribution in [-0.4, -0.2) is 37.2 Å². The zero-order valence-corrected chi connectivity index (χ0v) is 14.5. The minimum absolute atomic E-state index is 0.362. The summed E-state index contributed by atoms with van der Waals surface area (Å²) in [5, 5.41) is 6.44. The predicted octanol–water partition coefficient (Wildman–Crippen LogP) is 0.578. The predicted molar refractivity (Wildman–Crippen MR) is 97.1 cm³/mol. The van der Waals surface area contributed by atoms with Gasteiger partial charge >= 0.3 is 5.69 Å². The van der Waals surface area contributed by atoms with Gasteiger partial charge in [-0.05, 0) is 25.0 Å². The summed E-state index contributed by atoms with van der Waals surface area (Å²) >= 11 is 0. The van der Waals surface area contributed by atoms with Crippen molar-refractivity contribution < 1.29 is 0 Å². The highest BCUT2D eigenvalue weighted by molar-refractivity contribution is 5.73. The number of fused-ring (bicyclic) bond motifs is 1. The highest BCUT2D eigenvalue weighted by Crippen LogP contribution is 2.12. The number of imidazole rings is 1. The average Bonchev–Trinajstić information content (AvgIpc) is 2.91. The lowest BCUT2D eigenvalue weighted by molar-refractivity contribution is 0.829. The van der Waals surface area contributed by atoms with Gasteiger partial charge in [0.2, 0.25) is 5.95 Å². The number of nitrogens with zero attached hydrogens (tertiary/aromatic N) is 4. The molecule has 132 valence electrons. The summed E-state index contributed by atoms with van der Waals surface area (Å²) in [5.74, 6) is 1.39. The normalized spacial score (nSPS) is 11.0. The number of nitrogens with one attached hydrogen (secondary N) is 3. The second kappa shape index (κ2) is 6.80. The van der Waals surface area contributed by atoms with Crippen LogP contribution in [0.2, 0.25) is 0 Å². The Morgan fingerprint density at radius 2 is 1.88 bits per heavy atom. The number of aryl methyl sites for hydroxylation is 3. The van der Waals surface area contributed by atoms with E-state index in [-0.39, 0.29) is 0 Å². The molecule has 25 heavy (non-hydrogen) atoms. The van der Waals surface area contributed by atoms with Gasteiger partial charge in [-0.2, -0.15) is 4.98 Å². The SMILES string of the molecule is Cc1ccc(NCCCNc2nc3c(c(=O)[nH]c(=O)n3C)n2C)nc1. The lowest BCUT2D eigenvalue weighted by atomic mass is 10.3. The molecule has 0 aliphatic carbocycles. The summed E-state index contributed by atoms with van der Waals surface area (Å²) in [6.45, 7) is 3.42. The fraction of sp³-hybridized carbons (Fsp3) is 0.375. The van der Waals surface area contributed by atoms with E-state index in [4.69, 9.17) is 0 Å². The van der Waals surface area contributed by atoms with E-state index in [2.05, 4.69) is 25.6 Å². The lowest BCUT2D eigenvalue weighted by Gasteiger charge is -2.07. The molecule has 0 atom stereocenters. The van der Waals surface area contributed by atoms with Crippen LogP contribution in [0, 0.1) is 6.92 Å². The van der Waals surface area contributed by atoms with Crippen LogP contribution in [0.25, 0.3) is 11.2 Å². The molecule has 0 unspecified atom stereocenters. The Morgan fingerprint density at radius 1 is 1.12 bits per heavy atom. The summed E-state index contributed by atoms with van der Waals surface area (Å²) in [4.78, 5) is 34.5. The minimum atomic E-state index is -0.475. The summed E-state index contributed by atoms with van der Waals surface area (Å²) in [6.07, 6.45) is 2.66. The molecule has 3 heterocycles. The van der Waals surface area contributed by atoms with Gasteiger partial charge in [0, 0.05) is 33.4 Å². The molecule has 0 aliphatic heterocycles. The molecule has 9 heteroatoms. The Morgan fingerprint density at radius 3 is 2.60 bits per heavy atom. The number of H-pyrrole nitrogens is 1. The van der Waals surface area contributed by atoms with Gasteiger partial charge in [-0.15, -0.1) is 0 Å². The molecule has 3 aromatic heterocycles. The van der Waals surface area contributed by atoms with Gasteiger partial charge < -0.3 is 15.2 Å². The van der Waals surface area contributed by atoms with Crippen molar-refractivity contribution in [2.24, 2.45) is 14.1 Å². The molecule has 3 rings (SSSR count). The van der Waals surface area contributed by atoms with Crippen molar-refractivity contribution in [3.8, 4) is 0 Å². The van der Waals surface area contributed by atoms with Crippen LogP contribution in [0.15, 0.2) is 27.9 Å². The highest BCUT2D eigenvalue weighted by atomic mass is 16.2. The highest BCUT2D eigenvalue weighted by Gasteiger charge is 2.14. The first-order valence-corrected chi connectivity index (χ1v) is 8.03. The third kappa shape index (κ3) is 3.39. The van der Waals surface area contributed by atoms with Gasteiger partial charge in [-0.3, -0.25) is 14.3 Å². The molecule has 0 saturated heterocycles. The average molecular weight is 343 g/mol. The van der Waals surface area contributed by atoms with Gasteiger partial charge in [0.05, 0.1) is 0 Å². The van der Waals surface area contributed by atoms with Crippen LogP contribution in [0.3, 0.4) is 0 Å². The molecule has 0 bridgehead atoms. The Bertz CT molecular complexity index is 998. The van der Waals surface area contributed by atoms with Crippen LogP contribution >= 0.6 is 0 Å². The molecule has 3 N–H and O–H groups in total. The Labute approximate surface area is 143 Å². The van der Waals surface area contributed by atoms with Crippen LogP contribution in [0.5, 0.6) is 0 Å². The topological polar surface area (TPSA) is 110 Å². The van der Waals surface area contributed by atoms with Gasteiger partial charge in [0.15, 0.2) is 11.2 Å². The first-order valence-electron chi connectivity index (χ1n) is 8.03. The number of aromatic nitrogens is 5. The Hall–Kier alpha value is -3.10. The summed E-state index contributed by atoms with van der Waals surface area (Å²) in [6, 6.07) is 3.95. The number of pyridine rings is 1. The fourth-order valence-corrected chi connectivity index (χ4v) is 2.54. The molecular formula is C16H21N7O2. The van der Waals surface area contributed by atoms with Crippen molar-refractivity contribution in [1.82, 2.24) is 24.1 Å². The van der Waals surface area contributed by atoms with Gasteiger partial charge in [-0.25, -0.2) is 9.78 Å². The lowest BCUT2D eigenvalue weighted by Crippen LogP contribution is -2.29. The van der Waals surface area contributed by atoms with E-state index in [0.717, 1.165) is 24.3 Å². The number of rotatable bonds is 6. The zero-order chi connectivity index (χ0) is 18.0. The Balaban J connectivity index is 1.62. The fourth-order valence-electron chi connectivity index (χ4n) is 2.54. The molecule has 0 amide bonds. The molecule has 0 radical (unpaired) electrons. The number of aromatic amines is 1. The van der Waals surface area contributed by atoms with Gasteiger partial charge in [0.1, 0.15) is 5.82 Å². The third-order valence-electron chi connectivity index (χ3n) is 3.99.